The molecule has 132 valence electrons. The van der Waals surface area contributed by atoms with Crippen LogP contribution >= 0.6 is 0 Å². The van der Waals surface area contributed by atoms with Crippen molar-refractivity contribution in [2.45, 2.75) is 19.3 Å². The quantitative estimate of drug-likeness (QED) is 0.631. The number of urea groups is 1. The second-order valence-electron chi connectivity index (χ2n) is 5.82. The van der Waals surface area contributed by atoms with Crippen molar-refractivity contribution in [2.24, 2.45) is 5.92 Å². The van der Waals surface area contributed by atoms with E-state index in [1.54, 1.807) is 0 Å². The van der Waals surface area contributed by atoms with Gasteiger partial charge in [-0.1, -0.05) is 0 Å². The lowest BCUT2D eigenvalue weighted by Gasteiger charge is -2.10. The molecule has 24 heavy (non-hydrogen) atoms. The summed E-state index contributed by atoms with van der Waals surface area (Å²) in [5.74, 6) is -0.0575. The van der Waals surface area contributed by atoms with E-state index in [0.717, 1.165) is 32.5 Å². The van der Waals surface area contributed by atoms with Gasteiger partial charge in [-0.15, -0.1) is 0 Å². The van der Waals surface area contributed by atoms with Gasteiger partial charge in [0.2, 0.25) is 0 Å². The zero-order valence-corrected chi connectivity index (χ0v) is 13.6. The monoisotopic (exact) mass is 337 g/mol. The van der Waals surface area contributed by atoms with Gasteiger partial charge < -0.3 is 20.7 Å². The van der Waals surface area contributed by atoms with Gasteiger partial charge in [-0.3, -0.25) is 4.79 Å². The summed E-state index contributed by atoms with van der Waals surface area (Å²) in [4.78, 5) is 23.4. The minimum atomic E-state index is -0.384. The standard InChI is InChI=1S/C17H24FN3O3/c18-15-5-3-14(4-6-15)16(22)19-9-10-21-17(23)20-8-1-2-13-7-11-24-12-13/h3-6,13H,1-2,7-12H2,(H,19,22)(H2,20,21,23)/t13-/m1/s1. The Morgan fingerprint density at radius 2 is 1.79 bits per heavy atom. The highest BCUT2D eigenvalue weighted by Gasteiger charge is 2.14. The lowest BCUT2D eigenvalue weighted by atomic mass is 10.0. The molecule has 1 aliphatic heterocycles. The van der Waals surface area contributed by atoms with Crippen LogP contribution in [0.4, 0.5) is 9.18 Å². The van der Waals surface area contributed by atoms with Crippen LogP contribution in [0.5, 0.6) is 0 Å². The van der Waals surface area contributed by atoms with E-state index in [2.05, 4.69) is 16.0 Å². The number of benzene rings is 1. The molecule has 7 heteroatoms. The minimum Gasteiger partial charge on any atom is -0.381 e. The number of nitrogens with one attached hydrogen (secondary N) is 3. The maximum absolute atomic E-state index is 12.8. The van der Waals surface area contributed by atoms with Gasteiger partial charge in [-0.25, -0.2) is 9.18 Å². The molecular formula is C17H24FN3O3. The number of hydrogen-bond donors (Lipinski definition) is 3. The number of carbonyl (C=O) groups excluding carboxylic acids is 2. The third kappa shape index (κ3) is 6.54. The van der Waals surface area contributed by atoms with Crippen molar-refractivity contribution in [2.75, 3.05) is 32.8 Å². The molecule has 1 saturated heterocycles. The molecule has 1 aliphatic rings. The Hall–Kier alpha value is -2.15. The second-order valence-corrected chi connectivity index (χ2v) is 5.82. The Labute approximate surface area is 141 Å². The summed E-state index contributed by atoms with van der Waals surface area (Å²) < 4.78 is 18.1. The van der Waals surface area contributed by atoms with Gasteiger partial charge in [0.25, 0.3) is 5.91 Å². The third-order valence-electron chi connectivity index (χ3n) is 3.90. The molecule has 0 aromatic heterocycles. The minimum absolute atomic E-state index is 0.242. The van der Waals surface area contributed by atoms with Crippen LogP contribution in [0.25, 0.3) is 0 Å². The number of ether oxygens (including phenoxy) is 1. The molecular weight excluding hydrogens is 313 g/mol. The summed E-state index contributed by atoms with van der Waals surface area (Å²) in [6.45, 7) is 2.95. The predicted octanol–water partition coefficient (Wildman–Crippen LogP) is 1.67. The van der Waals surface area contributed by atoms with E-state index in [1.165, 1.54) is 24.3 Å². The van der Waals surface area contributed by atoms with E-state index in [9.17, 15) is 14.0 Å². The average Bonchev–Trinajstić information content (AvgIpc) is 3.09. The lowest BCUT2D eigenvalue weighted by molar-refractivity contribution is 0.0953. The van der Waals surface area contributed by atoms with Crippen LogP contribution in [0.2, 0.25) is 0 Å². The number of rotatable bonds is 8. The number of hydrogen-bond acceptors (Lipinski definition) is 3. The highest BCUT2D eigenvalue weighted by Crippen LogP contribution is 2.17. The number of amides is 3. The first-order valence-corrected chi connectivity index (χ1v) is 8.28. The smallest absolute Gasteiger partial charge is 0.314 e. The van der Waals surface area contributed by atoms with Crippen molar-refractivity contribution in [3.05, 3.63) is 35.6 Å². The molecule has 1 aromatic rings. The van der Waals surface area contributed by atoms with Crippen LogP contribution in [-0.2, 0) is 4.74 Å². The number of carbonyl (C=O) groups is 2. The van der Waals surface area contributed by atoms with Gasteiger partial charge in [0.1, 0.15) is 5.82 Å². The van der Waals surface area contributed by atoms with Crippen molar-refractivity contribution >= 4 is 11.9 Å². The summed E-state index contributed by atoms with van der Waals surface area (Å²) >= 11 is 0. The van der Waals surface area contributed by atoms with Crippen LogP contribution in [0.1, 0.15) is 29.6 Å². The van der Waals surface area contributed by atoms with E-state index in [1.807, 2.05) is 0 Å². The third-order valence-corrected chi connectivity index (χ3v) is 3.90. The molecule has 0 unspecified atom stereocenters. The van der Waals surface area contributed by atoms with Crippen molar-refractivity contribution in [1.29, 1.82) is 0 Å². The molecule has 0 radical (unpaired) electrons. The van der Waals surface area contributed by atoms with Gasteiger partial charge in [0.05, 0.1) is 0 Å². The van der Waals surface area contributed by atoms with Crippen molar-refractivity contribution < 1.29 is 18.7 Å². The Kier molecular flexibility index (Phi) is 7.48. The van der Waals surface area contributed by atoms with Crippen LogP contribution in [0.3, 0.4) is 0 Å². The normalized spacial score (nSPS) is 16.6. The maximum Gasteiger partial charge on any atom is 0.314 e. The highest BCUT2D eigenvalue weighted by atomic mass is 19.1. The molecule has 1 aromatic carbocycles. The van der Waals surface area contributed by atoms with Crippen LogP contribution in [-0.4, -0.2) is 44.8 Å². The van der Waals surface area contributed by atoms with E-state index < -0.39 is 0 Å². The molecule has 3 N–H and O–H groups in total. The summed E-state index contributed by atoms with van der Waals surface area (Å²) in [5, 5.41) is 8.13. The van der Waals surface area contributed by atoms with Crippen molar-refractivity contribution in [3.8, 4) is 0 Å². The average molecular weight is 337 g/mol. The van der Waals surface area contributed by atoms with Crippen molar-refractivity contribution in [1.82, 2.24) is 16.0 Å². The zero-order valence-electron chi connectivity index (χ0n) is 13.6. The molecule has 3 amide bonds. The van der Waals surface area contributed by atoms with E-state index >= 15 is 0 Å². The molecule has 6 nitrogen and oxygen atoms in total. The Morgan fingerprint density at radius 3 is 2.50 bits per heavy atom. The van der Waals surface area contributed by atoms with Gasteiger partial charge in [0.15, 0.2) is 0 Å². The fraction of sp³-hybridized carbons (Fsp3) is 0.529. The first-order valence-electron chi connectivity index (χ1n) is 8.28. The summed E-state index contributed by atoms with van der Waals surface area (Å²) in [6.07, 6.45) is 3.11. The molecule has 0 spiro atoms. The van der Waals surface area contributed by atoms with Gasteiger partial charge in [-0.2, -0.15) is 0 Å². The Bertz CT molecular complexity index is 530. The highest BCUT2D eigenvalue weighted by molar-refractivity contribution is 5.94. The predicted molar refractivity (Wildman–Crippen MR) is 88.3 cm³/mol. The molecule has 1 heterocycles. The maximum atomic E-state index is 12.8. The topological polar surface area (TPSA) is 79.5 Å². The first kappa shape index (κ1) is 18.2. The van der Waals surface area contributed by atoms with Crippen LogP contribution in [0.15, 0.2) is 24.3 Å². The second kappa shape index (κ2) is 9.87. The Morgan fingerprint density at radius 1 is 1.08 bits per heavy atom. The summed E-state index contributed by atoms with van der Waals surface area (Å²) in [7, 11) is 0. The Balaban J connectivity index is 1.49. The fourth-order valence-corrected chi connectivity index (χ4v) is 2.52. The summed E-state index contributed by atoms with van der Waals surface area (Å²) in [5.41, 5.74) is 0.386. The van der Waals surface area contributed by atoms with Gasteiger partial charge in [0, 0.05) is 38.4 Å². The molecule has 1 atom stereocenters. The molecule has 1 fully saturated rings. The van der Waals surface area contributed by atoms with Crippen molar-refractivity contribution in [3.63, 3.8) is 0 Å². The van der Waals surface area contributed by atoms with Crippen LogP contribution < -0.4 is 16.0 Å². The van der Waals surface area contributed by atoms with E-state index in [4.69, 9.17) is 4.74 Å². The summed E-state index contributed by atoms with van der Waals surface area (Å²) in [6, 6.07) is 5.06. The molecule has 0 aliphatic carbocycles. The number of halogens is 1. The SMILES string of the molecule is O=C(NCCC[C@@H]1CCOC1)NCCNC(=O)c1ccc(F)cc1. The van der Waals surface area contributed by atoms with Crippen LogP contribution in [0, 0.1) is 11.7 Å². The van der Waals surface area contributed by atoms with Gasteiger partial charge >= 0.3 is 6.03 Å². The molecule has 2 rings (SSSR count). The molecule has 0 bridgehead atoms. The fourth-order valence-electron chi connectivity index (χ4n) is 2.52. The van der Waals surface area contributed by atoms with E-state index in [0.29, 0.717) is 31.1 Å². The largest absolute Gasteiger partial charge is 0.381 e. The van der Waals surface area contributed by atoms with E-state index in [-0.39, 0.29) is 17.8 Å². The molecule has 0 saturated carbocycles. The zero-order chi connectivity index (χ0) is 17.2. The first-order chi connectivity index (χ1) is 11.6. The van der Waals surface area contributed by atoms with Gasteiger partial charge in [-0.05, 0) is 49.4 Å². The lowest BCUT2D eigenvalue weighted by Crippen LogP contribution is -2.40.